The van der Waals surface area contributed by atoms with Gasteiger partial charge in [-0.05, 0) is 19.8 Å². The van der Waals surface area contributed by atoms with Crippen LogP contribution in [0.5, 0.6) is 0 Å². The van der Waals surface area contributed by atoms with Gasteiger partial charge in [0.1, 0.15) is 11.6 Å². The van der Waals surface area contributed by atoms with Gasteiger partial charge in [-0.2, -0.15) is 0 Å². The van der Waals surface area contributed by atoms with Gasteiger partial charge in [-0.15, -0.1) is 12.3 Å². The highest BCUT2D eigenvalue weighted by atomic mass is 16.2. The standard InChI is InChI=1S/C13H20N2O2/c1-5-8-9-15-10(4)11(16)14-13(6-2,7-3)12(15)17/h1,10H,6-9H2,2-4H3,(H,14,16). The number of piperazine rings is 1. The van der Waals surface area contributed by atoms with Crippen molar-refractivity contribution >= 4 is 11.8 Å². The molecule has 0 aliphatic carbocycles. The van der Waals surface area contributed by atoms with Gasteiger partial charge in [-0.3, -0.25) is 9.59 Å². The Hall–Kier alpha value is -1.50. The first-order valence-electron chi connectivity index (χ1n) is 6.09. The molecule has 0 radical (unpaired) electrons. The second-order valence-corrected chi connectivity index (χ2v) is 4.41. The van der Waals surface area contributed by atoms with Crippen molar-refractivity contribution in [3.63, 3.8) is 0 Å². The molecule has 1 saturated heterocycles. The Bertz CT molecular complexity index is 353. The van der Waals surface area contributed by atoms with Crippen LogP contribution in [0, 0.1) is 12.3 Å². The molecular formula is C13H20N2O2. The minimum atomic E-state index is -0.738. The Morgan fingerprint density at radius 1 is 1.41 bits per heavy atom. The van der Waals surface area contributed by atoms with E-state index in [2.05, 4.69) is 11.2 Å². The van der Waals surface area contributed by atoms with E-state index in [-0.39, 0.29) is 11.8 Å². The fraction of sp³-hybridized carbons (Fsp3) is 0.692. The largest absolute Gasteiger partial charge is 0.340 e. The van der Waals surface area contributed by atoms with Crippen molar-refractivity contribution in [2.45, 2.75) is 51.6 Å². The molecule has 2 amide bonds. The summed E-state index contributed by atoms with van der Waals surface area (Å²) in [6, 6.07) is -0.429. The van der Waals surface area contributed by atoms with Crippen LogP contribution in [0.4, 0.5) is 0 Å². The van der Waals surface area contributed by atoms with Crippen molar-refractivity contribution in [1.82, 2.24) is 10.2 Å². The number of hydrogen-bond acceptors (Lipinski definition) is 2. The van der Waals surface area contributed by atoms with Crippen molar-refractivity contribution < 1.29 is 9.59 Å². The Balaban J connectivity index is 2.98. The first-order valence-corrected chi connectivity index (χ1v) is 6.09. The minimum absolute atomic E-state index is 0.00940. The number of rotatable bonds is 4. The molecular weight excluding hydrogens is 216 g/mol. The van der Waals surface area contributed by atoms with Crippen LogP contribution < -0.4 is 5.32 Å². The first-order chi connectivity index (χ1) is 8.02. The maximum atomic E-state index is 12.4. The van der Waals surface area contributed by atoms with Crippen molar-refractivity contribution in [3.8, 4) is 12.3 Å². The molecule has 0 aromatic heterocycles. The highest BCUT2D eigenvalue weighted by Crippen LogP contribution is 2.24. The number of nitrogens with one attached hydrogen (secondary N) is 1. The number of carbonyl (C=O) groups is 2. The molecule has 1 unspecified atom stereocenters. The molecule has 1 fully saturated rings. The smallest absolute Gasteiger partial charge is 0.249 e. The normalized spacial score (nSPS) is 23.2. The van der Waals surface area contributed by atoms with Crippen LogP contribution in [0.2, 0.25) is 0 Å². The van der Waals surface area contributed by atoms with E-state index >= 15 is 0 Å². The molecule has 1 rings (SSSR count). The predicted molar refractivity (Wildman–Crippen MR) is 66.1 cm³/mol. The predicted octanol–water partition coefficient (Wildman–Crippen LogP) is 0.915. The summed E-state index contributed by atoms with van der Waals surface area (Å²) in [5.74, 6) is 2.41. The summed E-state index contributed by atoms with van der Waals surface area (Å²) in [5.41, 5.74) is -0.738. The monoisotopic (exact) mass is 236 g/mol. The summed E-state index contributed by atoms with van der Waals surface area (Å²) in [6.07, 6.45) is 6.90. The number of nitrogens with zero attached hydrogens (tertiary/aromatic N) is 1. The van der Waals surface area contributed by atoms with Gasteiger partial charge < -0.3 is 10.2 Å². The molecule has 4 nitrogen and oxygen atoms in total. The third-order valence-corrected chi connectivity index (χ3v) is 3.58. The van der Waals surface area contributed by atoms with E-state index in [9.17, 15) is 9.59 Å². The van der Waals surface area contributed by atoms with Crippen molar-refractivity contribution in [2.75, 3.05) is 6.54 Å². The van der Waals surface area contributed by atoms with Gasteiger partial charge in [0.25, 0.3) is 0 Å². The first kappa shape index (κ1) is 13.6. The molecule has 1 aliphatic rings. The van der Waals surface area contributed by atoms with Gasteiger partial charge in [-0.1, -0.05) is 13.8 Å². The van der Waals surface area contributed by atoms with E-state index < -0.39 is 11.6 Å². The zero-order valence-corrected chi connectivity index (χ0v) is 10.7. The molecule has 1 atom stereocenters. The zero-order valence-electron chi connectivity index (χ0n) is 10.7. The second kappa shape index (κ2) is 5.22. The molecule has 0 spiro atoms. The van der Waals surface area contributed by atoms with Crippen molar-refractivity contribution in [3.05, 3.63) is 0 Å². The topological polar surface area (TPSA) is 49.4 Å². The lowest BCUT2D eigenvalue weighted by Gasteiger charge is -2.44. The summed E-state index contributed by atoms with van der Waals surface area (Å²) in [5, 5.41) is 2.85. The molecule has 4 heteroatoms. The van der Waals surface area contributed by atoms with E-state index in [0.29, 0.717) is 25.8 Å². The zero-order chi connectivity index (χ0) is 13.1. The van der Waals surface area contributed by atoms with E-state index in [1.165, 1.54) is 0 Å². The number of terminal acetylenes is 1. The van der Waals surface area contributed by atoms with Crippen LogP contribution in [-0.2, 0) is 9.59 Å². The number of carbonyl (C=O) groups excluding carboxylic acids is 2. The lowest BCUT2D eigenvalue weighted by Crippen LogP contribution is -2.69. The molecule has 1 aliphatic heterocycles. The highest BCUT2D eigenvalue weighted by Gasteiger charge is 2.46. The second-order valence-electron chi connectivity index (χ2n) is 4.41. The Labute approximate surface area is 103 Å². The fourth-order valence-electron chi connectivity index (χ4n) is 2.20. The fourth-order valence-corrected chi connectivity index (χ4v) is 2.20. The number of amides is 2. The molecule has 0 saturated carbocycles. The summed E-state index contributed by atoms with van der Waals surface area (Å²) in [4.78, 5) is 25.9. The molecule has 0 aromatic carbocycles. The average Bonchev–Trinajstić information content (AvgIpc) is 2.34. The maximum Gasteiger partial charge on any atom is 0.249 e. The van der Waals surface area contributed by atoms with Crippen LogP contribution in [-0.4, -0.2) is 34.8 Å². The lowest BCUT2D eigenvalue weighted by molar-refractivity contribution is -0.154. The minimum Gasteiger partial charge on any atom is -0.340 e. The quantitative estimate of drug-likeness (QED) is 0.738. The third-order valence-electron chi connectivity index (χ3n) is 3.58. The van der Waals surface area contributed by atoms with Crippen LogP contribution in [0.3, 0.4) is 0 Å². The lowest BCUT2D eigenvalue weighted by atomic mass is 9.87. The molecule has 1 heterocycles. The van der Waals surface area contributed by atoms with E-state index in [4.69, 9.17) is 6.42 Å². The van der Waals surface area contributed by atoms with Gasteiger partial charge in [0.2, 0.25) is 11.8 Å². The maximum absolute atomic E-state index is 12.4. The Morgan fingerprint density at radius 2 is 2.00 bits per heavy atom. The van der Waals surface area contributed by atoms with E-state index in [1.54, 1.807) is 11.8 Å². The van der Waals surface area contributed by atoms with Gasteiger partial charge >= 0.3 is 0 Å². The average molecular weight is 236 g/mol. The Kier molecular flexibility index (Phi) is 4.17. The van der Waals surface area contributed by atoms with Gasteiger partial charge in [-0.25, -0.2) is 0 Å². The van der Waals surface area contributed by atoms with Gasteiger partial charge in [0.05, 0.1) is 0 Å². The molecule has 0 bridgehead atoms. The summed E-state index contributed by atoms with van der Waals surface area (Å²) in [6.45, 7) is 6.01. The summed E-state index contributed by atoms with van der Waals surface area (Å²) >= 11 is 0. The summed E-state index contributed by atoms with van der Waals surface area (Å²) < 4.78 is 0. The SMILES string of the molecule is C#CCCN1C(=O)C(CC)(CC)NC(=O)C1C. The van der Waals surface area contributed by atoms with Crippen LogP contribution in [0.1, 0.15) is 40.0 Å². The van der Waals surface area contributed by atoms with Crippen LogP contribution in [0.25, 0.3) is 0 Å². The van der Waals surface area contributed by atoms with Crippen LogP contribution in [0.15, 0.2) is 0 Å². The van der Waals surface area contributed by atoms with Gasteiger partial charge in [0, 0.05) is 13.0 Å². The molecule has 1 N–H and O–H groups in total. The van der Waals surface area contributed by atoms with Gasteiger partial charge in [0.15, 0.2) is 0 Å². The van der Waals surface area contributed by atoms with Crippen LogP contribution >= 0.6 is 0 Å². The molecule has 94 valence electrons. The molecule has 0 aromatic rings. The third kappa shape index (κ3) is 2.28. The highest BCUT2D eigenvalue weighted by molar-refractivity contribution is 5.99. The van der Waals surface area contributed by atoms with E-state index in [1.807, 2.05) is 13.8 Å². The molecule has 17 heavy (non-hydrogen) atoms. The summed E-state index contributed by atoms with van der Waals surface area (Å²) in [7, 11) is 0. The van der Waals surface area contributed by atoms with Crippen molar-refractivity contribution in [2.24, 2.45) is 0 Å². The van der Waals surface area contributed by atoms with E-state index in [0.717, 1.165) is 0 Å². The van der Waals surface area contributed by atoms with Crippen molar-refractivity contribution in [1.29, 1.82) is 0 Å². The number of hydrogen-bond donors (Lipinski definition) is 1. The Morgan fingerprint density at radius 3 is 2.47 bits per heavy atom.